The summed E-state index contributed by atoms with van der Waals surface area (Å²) < 4.78 is 0. The minimum atomic E-state index is -0.618. The summed E-state index contributed by atoms with van der Waals surface area (Å²) >= 11 is 7.41. The number of thiophene rings is 1. The van der Waals surface area contributed by atoms with Crippen LogP contribution in [0.2, 0.25) is 5.02 Å². The molecule has 2 aromatic rings. The molecule has 5 amide bonds. The average molecular weight is 461 g/mol. The van der Waals surface area contributed by atoms with Crippen molar-refractivity contribution in [1.82, 2.24) is 20.9 Å². The van der Waals surface area contributed by atoms with E-state index in [2.05, 4.69) is 16.0 Å². The molecule has 0 saturated carbocycles. The van der Waals surface area contributed by atoms with Crippen LogP contribution in [-0.2, 0) is 29.2 Å². The second-order valence-corrected chi connectivity index (χ2v) is 9.13. The number of rotatable bonds is 5. The molecule has 0 aliphatic carbocycles. The molecule has 1 aromatic carbocycles. The smallest absolute Gasteiger partial charge is 0.315 e. The summed E-state index contributed by atoms with van der Waals surface area (Å²) in [6.07, 6.45) is 0.568. The third-order valence-corrected chi connectivity index (χ3v) is 6.93. The van der Waals surface area contributed by atoms with Crippen LogP contribution in [0.5, 0.6) is 0 Å². The van der Waals surface area contributed by atoms with Gasteiger partial charge >= 0.3 is 6.03 Å². The quantitative estimate of drug-likeness (QED) is 0.595. The molecule has 0 unspecified atom stereocenters. The highest BCUT2D eigenvalue weighted by atomic mass is 35.5. The van der Waals surface area contributed by atoms with E-state index in [-0.39, 0.29) is 24.3 Å². The number of piperidine rings is 1. The zero-order chi connectivity index (χ0) is 22.1. The van der Waals surface area contributed by atoms with Crippen LogP contribution in [0.1, 0.15) is 44.1 Å². The van der Waals surface area contributed by atoms with Gasteiger partial charge in [0.15, 0.2) is 0 Å². The molecule has 0 bridgehead atoms. The van der Waals surface area contributed by atoms with Crippen LogP contribution in [0, 0.1) is 6.92 Å². The molecule has 31 heavy (non-hydrogen) atoms. The zero-order valence-corrected chi connectivity index (χ0v) is 18.4. The number of aryl methyl sites for hydroxylation is 1. The predicted octanol–water partition coefficient (Wildman–Crippen LogP) is 2.47. The van der Waals surface area contributed by atoms with Gasteiger partial charge < -0.3 is 15.5 Å². The Labute approximate surface area is 187 Å². The first kappa shape index (κ1) is 21.3. The van der Waals surface area contributed by atoms with Crippen LogP contribution in [0.15, 0.2) is 24.3 Å². The van der Waals surface area contributed by atoms with E-state index in [1.165, 1.54) is 16.2 Å². The number of hydrogen-bond acceptors (Lipinski definition) is 5. The van der Waals surface area contributed by atoms with E-state index >= 15 is 0 Å². The Balaban J connectivity index is 1.29. The van der Waals surface area contributed by atoms with Gasteiger partial charge in [-0.05, 0) is 42.2 Å². The number of benzene rings is 1. The van der Waals surface area contributed by atoms with Gasteiger partial charge in [-0.3, -0.25) is 19.7 Å². The third-order valence-electron chi connectivity index (χ3n) is 5.35. The van der Waals surface area contributed by atoms with Crippen LogP contribution < -0.4 is 16.0 Å². The van der Waals surface area contributed by atoms with Crippen molar-refractivity contribution in [3.8, 4) is 0 Å². The van der Waals surface area contributed by atoms with Crippen molar-refractivity contribution >= 4 is 46.7 Å². The first-order valence-electron chi connectivity index (χ1n) is 9.85. The molecule has 8 nitrogen and oxygen atoms in total. The van der Waals surface area contributed by atoms with Crippen molar-refractivity contribution in [3.63, 3.8) is 0 Å². The highest BCUT2D eigenvalue weighted by molar-refractivity contribution is 7.14. The van der Waals surface area contributed by atoms with Crippen molar-refractivity contribution < 1.29 is 19.2 Å². The monoisotopic (exact) mass is 460 g/mol. The number of hydrogen-bond donors (Lipinski definition) is 3. The Morgan fingerprint density at radius 1 is 1.23 bits per heavy atom. The summed E-state index contributed by atoms with van der Waals surface area (Å²) in [5.41, 5.74) is 2.72. The third kappa shape index (κ3) is 4.57. The molecule has 10 heteroatoms. The molecule has 1 atom stereocenters. The number of imide groups is 1. The lowest BCUT2D eigenvalue weighted by molar-refractivity contribution is -0.136. The molecule has 1 aromatic heterocycles. The van der Waals surface area contributed by atoms with E-state index in [9.17, 15) is 19.2 Å². The summed E-state index contributed by atoms with van der Waals surface area (Å²) in [4.78, 5) is 51.2. The molecular formula is C21H21ClN4O4S. The maximum absolute atomic E-state index is 12.7. The number of halogens is 1. The minimum Gasteiger partial charge on any atom is -0.334 e. The lowest BCUT2D eigenvalue weighted by Crippen LogP contribution is -2.52. The van der Waals surface area contributed by atoms with E-state index < -0.39 is 11.9 Å². The van der Waals surface area contributed by atoms with Crippen LogP contribution in [0.25, 0.3) is 0 Å². The largest absolute Gasteiger partial charge is 0.334 e. The SMILES string of the molecule is Cc1ccc(CNC(=O)NCc2cc3c(s2)C(=O)N([C@H]2CCC(=O)NC2=O)C3)cc1Cl. The Kier molecular flexibility index (Phi) is 5.97. The molecule has 3 heterocycles. The maximum Gasteiger partial charge on any atom is 0.315 e. The topological polar surface area (TPSA) is 108 Å². The van der Waals surface area contributed by atoms with Crippen LogP contribution >= 0.6 is 22.9 Å². The Morgan fingerprint density at radius 3 is 2.71 bits per heavy atom. The molecule has 0 radical (unpaired) electrons. The molecule has 162 valence electrons. The Hall–Kier alpha value is -2.91. The molecule has 1 saturated heterocycles. The van der Waals surface area contributed by atoms with E-state index in [1.54, 1.807) is 0 Å². The fourth-order valence-corrected chi connectivity index (χ4v) is 4.92. The van der Waals surface area contributed by atoms with Crippen molar-refractivity contribution in [2.24, 2.45) is 0 Å². The zero-order valence-electron chi connectivity index (χ0n) is 16.8. The van der Waals surface area contributed by atoms with Gasteiger partial charge in [-0.1, -0.05) is 23.7 Å². The number of carbonyl (C=O) groups excluding carboxylic acids is 4. The summed E-state index contributed by atoms with van der Waals surface area (Å²) in [5.74, 6) is -0.936. The van der Waals surface area contributed by atoms with Crippen LogP contribution in [0.3, 0.4) is 0 Å². The summed E-state index contributed by atoms with van der Waals surface area (Å²) in [7, 11) is 0. The van der Waals surface area contributed by atoms with E-state index in [4.69, 9.17) is 11.6 Å². The van der Waals surface area contributed by atoms with Gasteiger partial charge in [0.2, 0.25) is 11.8 Å². The first-order valence-corrected chi connectivity index (χ1v) is 11.0. The van der Waals surface area contributed by atoms with E-state index in [1.807, 2.05) is 31.2 Å². The van der Waals surface area contributed by atoms with Crippen molar-refractivity contribution in [1.29, 1.82) is 0 Å². The van der Waals surface area contributed by atoms with Gasteiger partial charge in [0.05, 0.1) is 11.4 Å². The molecule has 3 N–H and O–H groups in total. The minimum absolute atomic E-state index is 0.207. The second-order valence-electron chi connectivity index (χ2n) is 7.59. The summed E-state index contributed by atoms with van der Waals surface area (Å²) in [6, 6.07) is 6.57. The highest BCUT2D eigenvalue weighted by Gasteiger charge is 2.40. The average Bonchev–Trinajstić information content (AvgIpc) is 3.26. The molecule has 2 aliphatic rings. The standard InChI is InChI=1S/C21H21ClN4O4S/c1-11-2-3-12(6-15(11)22)8-23-21(30)24-9-14-7-13-10-26(20(29)18(13)31-14)16-4-5-17(27)25-19(16)28/h2-3,6-7,16H,4-5,8-10H2,1H3,(H2,23,24,30)(H,25,27,28)/t16-/m0/s1. The fraction of sp³-hybridized carbons (Fsp3) is 0.333. The maximum atomic E-state index is 12.7. The van der Waals surface area contributed by atoms with Crippen molar-refractivity contribution in [2.45, 2.75) is 45.4 Å². The van der Waals surface area contributed by atoms with Crippen molar-refractivity contribution in [2.75, 3.05) is 0 Å². The van der Waals surface area contributed by atoms with E-state index in [0.29, 0.717) is 36.0 Å². The van der Waals surface area contributed by atoms with Gasteiger partial charge in [0.1, 0.15) is 6.04 Å². The normalized spacial score (nSPS) is 18.1. The molecular weight excluding hydrogens is 440 g/mol. The van der Waals surface area contributed by atoms with Gasteiger partial charge in [0.25, 0.3) is 5.91 Å². The van der Waals surface area contributed by atoms with Crippen LogP contribution in [0.4, 0.5) is 4.79 Å². The molecule has 4 rings (SSSR count). The molecule has 1 fully saturated rings. The lowest BCUT2D eigenvalue weighted by atomic mass is 10.0. The second kappa shape index (κ2) is 8.68. The molecule has 2 aliphatic heterocycles. The van der Waals surface area contributed by atoms with Gasteiger partial charge in [-0.25, -0.2) is 4.79 Å². The highest BCUT2D eigenvalue weighted by Crippen LogP contribution is 2.33. The number of nitrogens with one attached hydrogen (secondary N) is 3. The fourth-order valence-electron chi connectivity index (χ4n) is 3.65. The Morgan fingerprint density at radius 2 is 2.00 bits per heavy atom. The van der Waals surface area contributed by atoms with E-state index in [0.717, 1.165) is 21.6 Å². The number of amides is 5. The number of fused-ring (bicyclic) bond motifs is 1. The predicted molar refractivity (Wildman–Crippen MR) is 116 cm³/mol. The van der Waals surface area contributed by atoms with Gasteiger partial charge in [-0.15, -0.1) is 11.3 Å². The van der Waals surface area contributed by atoms with Gasteiger partial charge in [0, 0.05) is 29.4 Å². The summed E-state index contributed by atoms with van der Waals surface area (Å²) in [5, 5.41) is 8.51. The first-order chi connectivity index (χ1) is 14.8. The van der Waals surface area contributed by atoms with Gasteiger partial charge in [-0.2, -0.15) is 0 Å². The number of nitrogens with zero attached hydrogens (tertiary/aromatic N) is 1. The van der Waals surface area contributed by atoms with Crippen LogP contribution in [-0.4, -0.2) is 34.7 Å². The summed E-state index contributed by atoms with van der Waals surface area (Å²) in [6.45, 7) is 2.90. The Bertz CT molecular complexity index is 1080. The lowest BCUT2D eigenvalue weighted by Gasteiger charge is -2.29. The number of urea groups is 1. The van der Waals surface area contributed by atoms with Crippen molar-refractivity contribution in [3.05, 3.63) is 55.7 Å². The number of carbonyl (C=O) groups is 4. The molecule has 0 spiro atoms.